The largest absolute Gasteiger partial charge is 0.495 e. The molecule has 0 aromatic heterocycles. The summed E-state index contributed by atoms with van der Waals surface area (Å²) in [5, 5.41) is 2.81. The minimum atomic E-state index is -0.358. The van der Waals surface area contributed by atoms with Crippen molar-refractivity contribution in [2.45, 2.75) is 32.0 Å². The van der Waals surface area contributed by atoms with Crippen LogP contribution < -0.4 is 15.8 Å². The molecule has 1 aromatic rings. The van der Waals surface area contributed by atoms with Gasteiger partial charge in [0, 0.05) is 11.8 Å². The first-order valence-electron chi connectivity index (χ1n) is 6.00. The SMILES string of the molecule is COc1cc(NC(=O)C2CCC(C)O2)ccc1N. The lowest BCUT2D eigenvalue weighted by Gasteiger charge is -2.13. The van der Waals surface area contributed by atoms with Crippen LogP contribution in [0, 0.1) is 0 Å². The third-order valence-electron chi connectivity index (χ3n) is 3.03. The Hall–Kier alpha value is -1.75. The number of nitrogens with one attached hydrogen (secondary N) is 1. The molecule has 0 radical (unpaired) electrons. The fraction of sp³-hybridized carbons (Fsp3) is 0.462. The van der Waals surface area contributed by atoms with E-state index in [1.165, 1.54) is 0 Å². The van der Waals surface area contributed by atoms with Gasteiger partial charge >= 0.3 is 0 Å². The number of ether oxygens (including phenoxy) is 2. The van der Waals surface area contributed by atoms with Crippen molar-refractivity contribution in [2.75, 3.05) is 18.2 Å². The minimum absolute atomic E-state index is 0.119. The van der Waals surface area contributed by atoms with Crippen molar-refractivity contribution in [3.8, 4) is 5.75 Å². The fourth-order valence-corrected chi connectivity index (χ4v) is 2.01. The van der Waals surface area contributed by atoms with Crippen molar-refractivity contribution >= 4 is 17.3 Å². The third-order valence-corrected chi connectivity index (χ3v) is 3.03. The second-order valence-corrected chi connectivity index (χ2v) is 4.46. The van der Waals surface area contributed by atoms with Crippen molar-refractivity contribution in [1.82, 2.24) is 0 Å². The highest BCUT2D eigenvalue weighted by molar-refractivity contribution is 5.94. The summed E-state index contributed by atoms with van der Waals surface area (Å²) in [6.45, 7) is 1.97. The van der Waals surface area contributed by atoms with Crippen molar-refractivity contribution in [3.63, 3.8) is 0 Å². The average Bonchev–Trinajstić information content (AvgIpc) is 2.78. The van der Waals surface area contributed by atoms with Crippen LogP contribution in [0.25, 0.3) is 0 Å². The monoisotopic (exact) mass is 250 g/mol. The molecule has 0 saturated carbocycles. The van der Waals surface area contributed by atoms with Crippen LogP contribution in [0.1, 0.15) is 19.8 Å². The first-order valence-corrected chi connectivity index (χ1v) is 6.00. The van der Waals surface area contributed by atoms with E-state index in [-0.39, 0.29) is 18.1 Å². The molecule has 0 spiro atoms. The first-order chi connectivity index (χ1) is 8.60. The van der Waals surface area contributed by atoms with E-state index in [9.17, 15) is 4.79 Å². The quantitative estimate of drug-likeness (QED) is 0.802. The number of anilines is 2. The average molecular weight is 250 g/mol. The van der Waals surface area contributed by atoms with Crippen LogP contribution in [-0.4, -0.2) is 25.2 Å². The van der Waals surface area contributed by atoms with Crippen molar-refractivity contribution in [3.05, 3.63) is 18.2 Å². The molecule has 1 fully saturated rings. The first kappa shape index (κ1) is 12.7. The molecule has 2 rings (SSSR count). The second kappa shape index (κ2) is 5.27. The number of rotatable bonds is 3. The Bertz CT molecular complexity index is 448. The summed E-state index contributed by atoms with van der Waals surface area (Å²) in [4.78, 5) is 11.9. The van der Waals surface area contributed by atoms with E-state index in [0.717, 1.165) is 12.8 Å². The van der Waals surface area contributed by atoms with Gasteiger partial charge < -0.3 is 20.5 Å². The number of hydrogen-bond donors (Lipinski definition) is 2. The number of benzene rings is 1. The third kappa shape index (κ3) is 2.73. The topological polar surface area (TPSA) is 73.6 Å². The predicted octanol–water partition coefficient (Wildman–Crippen LogP) is 1.78. The molecule has 5 heteroatoms. The molecule has 1 saturated heterocycles. The van der Waals surface area contributed by atoms with E-state index in [0.29, 0.717) is 17.1 Å². The van der Waals surface area contributed by atoms with Gasteiger partial charge in [-0.3, -0.25) is 4.79 Å². The predicted molar refractivity (Wildman–Crippen MR) is 69.6 cm³/mol. The molecule has 3 N–H and O–H groups in total. The summed E-state index contributed by atoms with van der Waals surface area (Å²) in [6, 6.07) is 5.15. The van der Waals surface area contributed by atoms with E-state index in [4.69, 9.17) is 15.2 Å². The number of amides is 1. The molecule has 1 heterocycles. The molecular weight excluding hydrogens is 232 g/mol. The Morgan fingerprint density at radius 1 is 1.50 bits per heavy atom. The molecular formula is C13H18N2O3. The van der Waals surface area contributed by atoms with Crippen LogP contribution in [0.4, 0.5) is 11.4 Å². The molecule has 5 nitrogen and oxygen atoms in total. The summed E-state index contributed by atoms with van der Waals surface area (Å²) in [5.74, 6) is 0.430. The molecule has 18 heavy (non-hydrogen) atoms. The molecule has 2 atom stereocenters. The Labute approximate surface area is 106 Å². The highest BCUT2D eigenvalue weighted by Gasteiger charge is 2.28. The van der Waals surface area contributed by atoms with Crippen molar-refractivity contribution in [2.24, 2.45) is 0 Å². The van der Waals surface area contributed by atoms with Gasteiger partial charge in [0.05, 0.1) is 18.9 Å². The molecule has 0 aliphatic carbocycles. The lowest BCUT2D eigenvalue weighted by molar-refractivity contribution is -0.126. The number of carbonyl (C=O) groups excluding carboxylic acids is 1. The second-order valence-electron chi connectivity index (χ2n) is 4.46. The lowest BCUT2D eigenvalue weighted by Crippen LogP contribution is -2.27. The van der Waals surface area contributed by atoms with Crippen molar-refractivity contribution in [1.29, 1.82) is 0 Å². The number of hydrogen-bond acceptors (Lipinski definition) is 4. The molecule has 1 aliphatic rings. The number of nitrogens with two attached hydrogens (primary N) is 1. The zero-order chi connectivity index (χ0) is 13.1. The zero-order valence-electron chi connectivity index (χ0n) is 10.6. The van der Waals surface area contributed by atoms with E-state index in [2.05, 4.69) is 5.32 Å². The summed E-state index contributed by atoms with van der Waals surface area (Å²) in [7, 11) is 1.54. The Balaban J connectivity index is 2.03. The van der Waals surface area contributed by atoms with Gasteiger partial charge in [0.2, 0.25) is 0 Å². The van der Waals surface area contributed by atoms with Gasteiger partial charge in [0.1, 0.15) is 11.9 Å². The van der Waals surface area contributed by atoms with E-state index in [1.807, 2.05) is 6.92 Å². The summed E-state index contributed by atoms with van der Waals surface area (Å²) in [6.07, 6.45) is 1.48. The van der Waals surface area contributed by atoms with Gasteiger partial charge in [0.15, 0.2) is 0 Å². The number of methoxy groups -OCH3 is 1. The van der Waals surface area contributed by atoms with E-state index in [1.54, 1.807) is 25.3 Å². The molecule has 1 aromatic carbocycles. The van der Waals surface area contributed by atoms with Crippen molar-refractivity contribution < 1.29 is 14.3 Å². The summed E-state index contributed by atoms with van der Waals surface area (Å²) >= 11 is 0. The standard InChI is InChI=1S/C13H18N2O3/c1-8-3-6-11(18-8)13(16)15-9-4-5-10(14)12(7-9)17-2/h4-5,7-8,11H,3,6,14H2,1-2H3,(H,15,16). The van der Waals surface area contributed by atoms with Gasteiger partial charge in [-0.15, -0.1) is 0 Å². The van der Waals surface area contributed by atoms with Crippen LogP contribution in [0.15, 0.2) is 18.2 Å². The van der Waals surface area contributed by atoms with Gasteiger partial charge in [-0.25, -0.2) is 0 Å². The van der Waals surface area contributed by atoms with Crippen LogP contribution in [0.5, 0.6) is 5.75 Å². The number of carbonyl (C=O) groups is 1. The molecule has 1 aliphatic heterocycles. The van der Waals surface area contributed by atoms with Crippen LogP contribution in [0.3, 0.4) is 0 Å². The van der Waals surface area contributed by atoms with Gasteiger partial charge in [-0.1, -0.05) is 0 Å². The van der Waals surface area contributed by atoms with E-state index < -0.39 is 0 Å². The smallest absolute Gasteiger partial charge is 0.253 e. The minimum Gasteiger partial charge on any atom is -0.495 e. The molecule has 0 bridgehead atoms. The van der Waals surface area contributed by atoms with Crippen LogP contribution in [0.2, 0.25) is 0 Å². The maximum atomic E-state index is 11.9. The Morgan fingerprint density at radius 2 is 2.28 bits per heavy atom. The molecule has 1 amide bonds. The number of nitrogen functional groups attached to an aromatic ring is 1. The Morgan fingerprint density at radius 3 is 2.89 bits per heavy atom. The highest BCUT2D eigenvalue weighted by atomic mass is 16.5. The van der Waals surface area contributed by atoms with Gasteiger partial charge in [0.25, 0.3) is 5.91 Å². The van der Waals surface area contributed by atoms with Crippen LogP contribution >= 0.6 is 0 Å². The maximum Gasteiger partial charge on any atom is 0.253 e. The highest BCUT2D eigenvalue weighted by Crippen LogP contribution is 2.26. The van der Waals surface area contributed by atoms with E-state index >= 15 is 0 Å². The molecule has 2 unspecified atom stereocenters. The maximum absolute atomic E-state index is 11.9. The summed E-state index contributed by atoms with van der Waals surface area (Å²) in [5.41, 5.74) is 6.91. The fourth-order valence-electron chi connectivity index (χ4n) is 2.01. The zero-order valence-corrected chi connectivity index (χ0v) is 10.6. The van der Waals surface area contributed by atoms with Gasteiger partial charge in [-0.05, 0) is 31.9 Å². The van der Waals surface area contributed by atoms with Crippen LogP contribution in [-0.2, 0) is 9.53 Å². The normalized spacial score (nSPS) is 22.8. The Kier molecular flexibility index (Phi) is 3.72. The lowest BCUT2D eigenvalue weighted by atomic mass is 10.2. The summed E-state index contributed by atoms with van der Waals surface area (Å²) < 4.78 is 10.6. The van der Waals surface area contributed by atoms with Gasteiger partial charge in [-0.2, -0.15) is 0 Å². The molecule has 98 valence electrons.